The topological polar surface area (TPSA) is 66.9 Å². The molecule has 0 bridgehead atoms. The van der Waals surface area contributed by atoms with Crippen molar-refractivity contribution in [2.24, 2.45) is 0 Å². The summed E-state index contributed by atoms with van der Waals surface area (Å²) < 4.78 is 0. The highest BCUT2D eigenvalue weighted by molar-refractivity contribution is 6.31. The normalized spacial score (nSPS) is 11.8. The van der Waals surface area contributed by atoms with Crippen molar-refractivity contribution in [3.63, 3.8) is 0 Å². The Morgan fingerprint density at radius 3 is 2.62 bits per heavy atom. The third-order valence-corrected chi connectivity index (χ3v) is 3.31. The van der Waals surface area contributed by atoms with Crippen molar-refractivity contribution in [1.29, 1.82) is 0 Å². The molecule has 0 spiro atoms. The lowest BCUT2D eigenvalue weighted by Crippen LogP contribution is -2.24. The number of aromatic nitrogens is 2. The Hall–Kier alpha value is -2.14. The van der Waals surface area contributed by atoms with Crippen LogP contribution in [-0.2, 0) is 0 Å². The van der Waals surface area contributed by atoms with E-state index in [1.165, 1.54) is 0 Å². The molecule has 6 heteroatoms. The van der Waals surface area contributed by atoms with Crippen molar-refractivity contribution >= 4 is 23.3 Å². The molecule has 0 aliphatic rings. The highest BCUT2D eigenvalue weighted by Crippen LogP contribution is 2.24. The van der Waals surface area contributed by atoms with Crippen LogP contribution in [0.15, 0.2) is 36.4 Å². The number of anilines is 1. The minimum absolute atomic E-state index is 0.0108. The molecule has 0 aliphatic heterocycles. The van der Waals surface area contributed by atoms with Crippen molar-refractivity contribution in [3.8, 4) is 0 Å². The quantitative estimate of drug-likeness (QED) is 0.891. The molecule has 2 aromatic rings. The van der Waals surface area contributed by atoms with E-state index in [1.807, 2.05) is 38.1 Å². The van der Waals surface area contributed by atoms with E-state index in [0.717, 1.165) is 5.56 Å². The van der Waals surface area contributed by atoms with E-state index in [4.69, 9.17) is 11.6 Å². The van der Waals surface area contributed by atoms with Crippen LogP contribution in [0.2, 0.25) is 5.02 Å². The van der Waals surface area contributed by atoms with Crippen molar-refractivity contribution in [1.82, 2.24) is 15.5 Å². The first-order valence-electron chi connectivity index (χ1n) is 6.74. The summed E-state index contributed by atoms with van der Waals surface area (Å²) >= 11 is 6.16. The molecule has 2 N–H and O–H groups in total. The predicted octanol–water partition coefficient (Wildman–Crippen LogP) is 3.05. The average Bonchev–Trinajstić information content (AvgIpc) is 2.48. The Morgan fingerprint density at radius 2 is 2.00 bits per heavy atom. The van der Waals surface area contributed by atoms with Crippen molar-refractivity contribution in [2.45, 2.75) is 19.9 Å². The summed E-state index contributed by atoms with van der Waals surface area (Å²) in [7, 11) is 0. The van der Waals surface area contributed by atoms with Gasteiger partial charge in [0.25, 0.3) is 5.91 Å². The number of carbonyl (C=O) groups excluding carboxylic acids is 1. The van der Waals surface area contributed by atoms with Gasteiger partial charge in [-0.2, -0.15) is 0 Å². The SMILES string of the molecule is CCNC(=O)c1ccc(NC(C)c2ccccc2Cl)nn1. The molecule has 1 amide bonds. The van der Waals surface area contributed by atoms with Crippen LogP contribution in [0.25, 0.3) is 0 Å². The van der Waals surface area contributed by atoms with Crippen LogP contribution < -0.4 is 10.6 Å². The first kappa shape index (κ1) is 15.3. The molecule has 1 aromatic carbocycles. The van der Waals surface area contributed by atoms with Gasteiger partial charge < -0.3 is 10.6 Å². The molecule has 0 saturated carbocycles. The molecule has 1 unspecified atom stereocenters. The van der Waals surface area contributed by atoms with Gasteiger partial charge in [-0.25, -0.2) is 0 Å². The van der Waals surface area contributed by atoms with E-state index < -0.39 is 0 Å². The number of carbonyl (C=O) groups is 1. The first-order chi connectivity index (χ1) is 10.1. The fourth-order valence-electron chi connectivity index (χ4n) is 1.91. The lowest BCUT2D eigenvalue weighted by atomic mass is 10.1. The van der Waals surface area contributed by atoms with Gasteiger partial charge in [0.1, 0.15) is 5.82 Å². The summed E-state index contributed by atoms with van der Waals surface area (Å²) in [5.41, 5.74) is 1.28. The molecule has 1 atom stereocenters. The monoisotopic (exact) mass is 304 g/mol. The molecule has 0 saturated heterocycles. The van der Waals surface area contributed by atoms with Crippen LogP contribution in [-0.4, -0.2) is 22.6 Å². The Labute approximate surface area is 128 Å². The largest absolute Gasteiger partial charge is 0.362 e. The Bertz CT molecular complexity index is 615. The van der Waals surface area contributed by atoms with Crippen molar-refractivity contribution in [3.05, 3.63) is 52.7 Å². The molecule has 2 rings (SSSR count). The van der Waals surface area contributed by atoms with Crippen molar-refractivity contribution < 1.29 is 4.79 Å². The second-order valence-electron chi connectivity index (χ2n) is 4.55. The fraction of sp³-hybridized carbons (Fsp3) is 0.267. The lowest BCUT2D eigenvalue weighted by molar-refractivity contribution is 0.0950. The smallest absolute Gasteiger partial charge is 0.271 e. The van der Waals surface area contributed by atoms with E-state index in [1.54, 1.807) is 12.1 Å². The van der Waals surface area contributed by atoms with Crippen LogP contribution in [0.3, 0.4) is 0 Å². The van der Waals surface area contributed by atoms with Crippen LogP contribution >= 0.6 is 11.6 Å². The summed E-state index contributed by atoms with van der Waals surface area (Å²) in [5.74, 6) is 0.367. The second kappa shape index (κ2) is 7.04. The Balaban J connectivity index is 2.07. The lowest BCUT2D eigenvalue weighted by Gasteiger charge is -2.15. The fourth-order valence-corrected chi connectivity index (χ4v) is 2.21. The van der Waals surface area contributed by atoms with Crippen LogP contribution in [0.1, 0.15) is 35.9 Å². The average molecular weight is 305 g/mol. The van der Waals surface area contributed by atoms with E-state index in [0.29, 0.717) is 23.1 Å². The molecule has 5 nitrogen and oxygen atoms in total. The molecule has 1 heterocycles. The molecular formula is C15H17ClN4O. The summed E-state index contributed by atoms with van der Waals surface area (Å²) in [4.78, 5) is 11.6. The van der Waals surface area contributed by atoms with Crippen LogP contribution in [0.5, 0.6) is 0 Å². The molecule has 1 aromatic heterocycles. The van der Waals surface area contributed by atoms with Gasteiger partial charge in [-0.3, -0.25) is 4.79 Å². The number of nitrogens with zero attached hydrogens (tertiary/aromatic N) is 2. The predicted molar refractivity (Wildman–Crippen MR) is 83.5 cm³/mol. The molecular weight excluding hydrogens is 288 g/mol. The highest BCUT2D eigenvalue weighted by atomic mass is 35.5. The van der Waals surface area contributed by atoms with Crippen LogP contribution in [0.4, 0.5) is 5.82 Å². The molecule has 21 heavy (non-hydrogen) atoms. The maximum atomic E-state index is 11.6. The van der Waals surface area contributed by atoms with Gasteiger partial charge in [-0.05, 0) is 37.6 Å². The van der Waals surface area contributed by atoms with E-state index in [2.05, 4.69) is 20.8 Å². The third kappa shape index (κ3) is 3.92. The van der Waals surface area contributed by atoms with Gasteiger partial charge in [0.15, 0.2) is 5.69 Å². The Morgan fingerprint density at radius 1 is 1.24 bits per heavy atom. The number of benzene rings is 1. The summed E-state index contributed by atoms with van der Waals surface area (Å²) in [6.45, 7) is 4.40. The Kier molecular flexibility index (Phi) is 5.11. The van der Waals surface area contributed by atoms with Gasteiger partial charge in [-0.1, -0.05) is 29.8 Å². The number of amides is 1. The van der Waals surface area contributed by atoms with E-state index in [-0.39, 0.29) is 11.9 Å². The van der Waals surface area contributed by atoms with Gasteiger partial charge in [-0.15, -0.1) is 10.2 Å². The minimum atomic E-state index is -0.226. The van der Waals surface area contributed by atoms with Crippen molar-refractivity contribution in [2.75, 3.05) is 11.9 Å². The second-order valence-corrected chi connectivity index (χ2v) is 4.96. The maximum absolute atomic E-state index is 11.6. The number of halogens is 1. The van der Waals surface area contributed by atoms with Gasteiger partial charge in [0.2, 0.25) is 0 Å². The van der Waals surface area contributed by atoms with Gasteiger partial charge >= 0.3 is 0 Å². The zero-order valence-corrected chi connectivity index (χ0v) is 12.7. The maximum Gasteiger partial charge on any atom is 0.271 e. The number of nitrogens with one attached hydrogen (secondary N) is 2. The zero-order chi connectivity index (χ0) is 15.2. The molecule has 110 valence electrons. The standard InChI is InChI=1S/C15H17ClN4O/c1-3-17-15(21)13-8-9-14(20-19-13)18-10(2)11-6-4-5-7-12(11)16/h4-10H,3H2,1-2H3,(H,17,21)(H,18,20). The third-order valence-electron chi connectivity index (χ3n) is 2.97. The van der Waals surface area contributed by atoms with Gasteiger partial charge in [0.05, 0.1) is 6.04 Å². The highest BCUT2D eigenvalue weighted by Gasteiger charge is 2.11. The number of rotatable bonds is 5. The number of hydrogen-bond acceptors (Lipinski definition) is 4. The summed E-state index contributed by atoms with van der Waals surface area (Å²) in [6, 6.07) is 11.0. The summed E-state index contributed by atoms with van der Waals surface area (Å²) in [6.07, 6.45) is 0. The molecule has 0 radical (unpaired) electrons. The van der Waals surface area contributed by atoms with Gasteiger partial charge in [0, 0.05) is 11.6 Å². The first-order valence-corrected chi connectivity index (χ1v) is 7.12. The minimum Gasteiger partial charge on any atom is -0.362 e. The molecule has 0 fully saturated rings. The summed E-state index contributed by atoms with van der Waals surface area (Å²) in [5, 5.41) is 14.5. The number of hydrogen-bond donors (Lipinski definition) is 2. The molecule has 0 aliphatic carbocycles. The zero-order valence-electron chi connectivity index (χ0n) is 11.9. The van der Waals surface area contributed by atoms with E-state index in [9.17, 15) is 4.79 Å². The van der Waals surface area contributed by atoms with Crippen LogP contribution in [0, 0.1) is 0 Å². The van der Waals surface area contributed by atoms with E-state index >= 15 is 0 Å².